The second kappa shape index (κ2) is 6.89. The Morgan fingerprint density at radius 3 is 2.60 bits per heavy atom. The van der Waals surface area contributed by atoms with Crippen molar-refractivity contribution in [3.63, 3.8) is 0 Å². The van der Waals surface area contributed by atoms with Gasteiger partial charge in [-0.15, -0.1) is 0 Å². The van der Waals surface area contributed by atoms with Crippen LogP contribution >= 0.6 is 0 Å². The van der Waals surface area contributed by atoms with Gasteiger partial charge in [-0.25, -0.2) is 0 Å². The van der Waals surface area contributed by atoms with Crippen molar-refractivity contribution in [2.24, 2.45) is 17.6 Å². The molecule has 0 amide bonds. The van der Waals surface area contributed by atoms with E-state index in [1.165, 1.54) is 0 Å². The van der Waals surface area contributed by atoms with E-state index in [0.717, 1.165) is 30.7 Å². The summed E-state index contributed by atoms with van der Waals surface area (Å²) in [5, 5.41) is 0. The highest BCUT2D eigenvalue weighted by Crippen LogP contribution is 2.31. The van der Waals surface area contributed by atoms with E-state index in [2.05, 4.69) is 13.8 Å². The highest BCUT2D eigenvalue weighted by Gasteiger charge is 2.28. The van der Waals surface area contributed by atoms with E-state index in [4.69, 9.17) is 10.5 Å². The van der Waals surface area contributed by atoms with Gasteiger partial charge in [0.25, 0.3) is 0 Å². The molecule has 0 aromatic heterocycles. The van der Waals surface area contributed by atoms with Gasteiger partial charge in [0.05, 0.1) is 0 Å². The van der Waals surface area contributed by atoms with Gasteiger partial charge in [-0.2, -0.15) is 0 Å². The van der Waals surface area contributed by atoms with E-state index < -0.39 is 6.04 Å². The van der Waals surface area contributed by atoms with Crippen molar-refractivity contribution in [1.82, 2.24) is 0 Å². The average molecular weight is 275 g/mol. The molecule has 1 aliphatic carbocycles. The summed E-state index contributed by atoms with van der Waals surface area (Å²) in [6.45, 7) is 4.50. The predicted octanol–water partition coefficient (Wildman–Crippen LogP) is 2.92. The summed E-state index contributed by atoms with van der Waals surface area (Å²) in [6.07, 6.45) is 3.65. The zero-order chi connectivity index (χ0) is 14.5. The number of carbonyl (C=O) groups excluding carboxylic acids is 1. The normalized spacial score (nSPS) is 27.9. The van der Waals surface area contributed by atoms with Crippen LogP contribution in [0, 0.1) is 11.8 Å². The smallest absolute Gasteiger partial charge is 0.323 e. The molecule has 0 bridgehead atoms. The summed E-state index contributed by atoms with van der Waals surface area (Å²) in [6, 6.07) is 9.27. The van der Waals surface area contributed by atoms with E-state index in [9.17, 15) is 4.79 Å². The van der Waals surface area contributed by atoms with Gasteiger partial charge >= 0.3 is 5.97 Å². The zero-order valence-corrected chi connectivity index (χ0v) is 12.4. The highest BCUT2D eigenvalue weighted by atomic mass is 16.5. The van der Waals surface area contributed by atoms with E-state index in [1.54, 1.807) is 0 Å². The second-order valence-electron chi connectivity index (χ2n) is 6.12. The number of hydrogen-bond donors (Lipinski definition) is 1. The molecule has 110 valence electrons. The minimum atomic E-state index is -0.563. The minimum Gasteiger partial charge on any atom is -0.461 e. The largest absolute Gasteiger partial charge is 0.461 e. The van der Waals surface area contributed by atoms with E-state index in [0.29, 0.717) is 12.3 Å². The molecule has 4 atom stereocenters. The third-order valence-corrected chi connectivity index (χ3v) is 4.43. The molecule has 1 fully saturated rings. The summed E-state index contributed by atoms with van der Waals surface area (Å²) >= 11 is 0. The molecule has 3 unspecified atom stereocenters. The number of hydrogen-bond acceptors (Lipinski definition) is 3. The Morgan fingerprint density at radius 2 is 1.95 bits per heavy atom. The van der Waals surface area contributed by atoms with E-state index in [1.807, 2.05) is 30.3 Å². The minimum absolute atomic E-state index is 0.0514. The number of rotatable bonds is 4. The van der Waals surface area contributed by atoms with Gasteiger partial charge in [0.1, 0.15) is 12.1 Å². The first-order valence-electron chi connectivity index (χ1n) is 7.56. The quantitative estimate of drug-likeness (QED) is 0.860. The zero-order valence-electron chi connectivity index (χ0n) is 12.4. The molecule has 2 rings (SSSR count). The van der Waals surface area contributed by atoms with Gasteiger partial charge in [0, 0.05) is 0 Å². The van der Waals surface area contributed by atoms with E-state index >= 15 is 0 Å². The maximum atomic E-state index is 12.1. The molecule has 1 aliphatic rings. The lowest BCUT2D eigenvalue weighted by atomic mass is 9.80. The first-order chi connectivity index (χ1) is 9.56. The number of benzene rings is 1. The maximum absolute atomic E-state index is 12.1. The Kier molecular flexibility index (Phi) is 5.18. The molecule has 2 N–H and O–H groups in total. The average Bonchev–Trinajstić information content (AvgIpc) is 2.44. The van der Waals surface area contributed by atoms with Gasteiger partial charge in [-0.05, 0) is 43.1 Å². The highest BCUT2D eigenvalue weighted by molar-refractivity contribution is 5.76. The molecule has 1 saturated carbocycles. The monoisotopic (exact) mass is 275 g/mol. The summed E-state index contributed by atoms with van der Waals surface area (Å²) < 4.78 is 5.58. The van der Waals surface area contributed by atoms with Crippen LogP contribution in [0.4, 0.5) is 0 Å². The molecule has 0 aliphatic heterocycles. The predicted molar refractivity (Wildman–Crippen MR) is 80.2 cm³/mol. The lowest BCUT2D eigenvalue weighted by Crippen LogP contribution is -2.38. The van der Waals surface area contributed by atoms with Crippen molar-refractivity contribution in [3.05, 3.63) is 35.9 Å². The van der Waals surface area contributed by atoms with Crippen LogP contribution < -0.4 is 5.73 Å². The molecule has 3 nitrogen and oxygen atoms in total. The van der Waals surface area contributed by atoms with Gasteiger partial charge < -0.3 is 10.5 Å². The molecular formula is C17H25NO2. The fraction of sp³-hybridized carbons (Fsp3) is 0.588. The Morgan fingerprint density at radius 1 is 1.25 bits per heavy atom. The maximum Gasteiger partial charge on any atom is 0.323 e. The fourth-order valence-electron chi connectivity index (χ4n) is 2.81. The third kappa shape index (κ3) is 4.07. The molecule has 1 aromatic rings. The molecule has 3 heteroatoms. The van der Waals surface area contributed by atoms with Gasteiger partial charge in [-0.3, -0.25) is 4.79 Å². The van der Waals surface area contributed by atoms with Gasteiger partial charge in [0.2, 0.25) is 0 Å². The van der Waals surface area contributed by atoms with Crippen LogP contribution in [0.1, 0.15) is 38.7 Å². The van der Waals surface area contributed by atoms with Gasteiger partial charge in [-0.1, -0.05) is 44.2 Å². The standard InChI is InChI=1S/C17H25NO2/c1-12-8-9-15(10-13(12)2)20-17(19)16(18)11-14-6-4-3-5-7-14/h3-7,12-13,15-16H,8-11,18H2,1-2H3/t12?,13?,15?,16-/m1/s1. The van der Waals surface area contributed by atoms with Crippen LogP contribution in [0.3, 0.4) is 0 Å². The van der Waals surface area contributed by atoms with Crippen molar-refractivity contribution in [1.29, 1.82) is 0 Å². The van der Waals surface area contributed by atoms with Gasteiger partial charge in [0.15, 0.2) is 0 Å². The Balaban J connectivity index is 1.82. The Labute approximate surface area is 121 Å². The third-order valence-electron chi connectivity index (χ3n) is 4.43. The number of esters is 1. The Bertz CT molecular complexity index is 432. The summed E-state index contributed by atoms with van der Waals surface area (Å²) in [5.74, 6) is 1.08. The fourth-order valence-corrected chi connectivity index (χ4v) is 2.81. The van der Waals surface area contributed by atoms with Crippen molar-refractivity contribution in [2.75, 3.05) is 0 Å². The van der Waals surface area contributed by atoms with Crippen LogP contribution in [0.15, 0.2) is 30.3 Å². The first kappa shape index (κ1) is 15.0. The molecular weight excluding hydrogens is 250 g/mol. The lowest BCUT2D eigenvalue weighted by Gasteiger charge is -2.32. The molecule has 0 saturated heterocycles. The molecule has 20 heavy (non-hydrogen) atoms. The van der Waals surface area contributed by atoms with Crippen LogP contribution in [0.25, 0.3) is 0 Å². The van der Waals surface area contributed by atoms with Crippen molar-refractivity contribution >= 4 is 5.97 Å². The topological polar surface area (TPSA) is 52.3 Å². The SMILES string of the molecule is CC1CCC(OC(=O)[C@H](N)Cc2ccccc2)CC1C. The number of ether oxygens (including phenoxy) is 1. The van der Waals surface area contributed by atoms with Crippen LogP contribution in [0.5, 0.6) is 0 Å². The molecule has 0 radical (unpaired) electrons. The van der Waals surface area contributed by atoms with Crippen LogP contribution in [0.2, 0.25) is 0 Å². The first-order valence-corrected chi connectivity index (χ1v) is 7.56. The number of carbonyl (C=O) groups is 1. The van der Waals surface area contributed by atoms with Crippen LogP contribution in [-0.2, 0) is 16.0 Å². The summed E-state index contributed by atoms with van der Waals surface area (Å²) in [7, 11) is 0. The van der Waals surface area contributed by atoms with Crippen molar-refractivity contribution < 1.29 is 9.53 Å². The second-order valence-corrected chi connectivity index (χ2v) is 6.12. The van der Waals surface area contributed by atoms with Crippen molar-refractivity contribution in [2.45, 2.75) is 51.7 Å². The molecule has 0 spiro atoms. The van der Waals surface area contributed by atoms with Crippen molar-refractivity contribution in [3.8, 4) is 0 Å². The Hall–Kier alpha value is -1.35. The number of nitrogens with two attached hydrogens (primary N) is 1. The lowest BCUT2D eigenvalue weighted by molar-refractivity contribution is -0.153. The summed E-state index contributed by atoms with van der Waals surface area (Å²) in [4.78, 5) is 12.1. The molecule has 0 heterocycles. The van der Waals surface area contributed by atoms with E-state index in [-0.39, 0.29) is 12.1 Å². The van der Waals surface area contributed by atoms with Crippen LogP contribution in [-0.4, -0.2) is 18.1 Å². The molecule has 1 aromatic carbocycles. The summed E-state index contributed by atoms with van der Waals surface area (Å²) in [5.41, 5.74) is 7.03.